The van der Waals surface area contributed by atoms with Gasteiger partial charge in [-0.2, -0.15) is 0 Å². The Kier molecular flexibility index (Phi) is 3.84. The largest absolute Gasteiger partial charge is 0.287 e. The standard InChI is InChI=1S/C12H6BrClF2OS/c1-5-4-18-12(9(5)14)11(17)8-7(15)3-2-6(13)10(8)16/h2-4H,1H3. The summed E-state index contributed by atoms with van der Waals surface area (Å²) in [4.78, 5) is 12.2. The summed E-state index contributed by atoms with van der Waals surface area (Å²) < 4.78 is 27.4. The van der Waals surface area contributed by atoms with E-state index in [1.54, 1.807) is 12.3 Å². The van der Waals surface area contributed by atoms with E-state index in [1.165, 1.54) is 6.07 Å². The van der Waals surface area contributed by atoms with E-state index >= 15 is 0 Å². The average Bonchev–Trinajstić information content (AvgIpc) is 2.65. The van der Waals surface area contributed by atoms with E-state index in [9.17, 15) is 13.6 Å². The lowest BCUT2D eigenvalue weighted by molar-refractivity contribution is 0.103. The molecule has 0 saturated carbocycles. The fourth-order valence-corrected chi connectivity index (χ4v) is 2.99. The molecule has 0 saturated heterocycles. The molecule has 0 fully saturated rings. The molecule has 0 aliphatic carbocycles. The zero-order valence-electron chi connectivity index (χ0n) is 9.06. The van der Waals surface area contributed by atoms with Crippen molar-refractivity contribution in [2.24, 2.45) is 0 Å². The van der Waals surface area contributed by atoms with Crippen LogP contribution in [0.2, 0.25) is 5.02 Å². The van der Waals surface area contributed by atoms with Crippen LogP contribution in [0.4, 0.5) is 8.78 Å². The summed E-state index contributed by atoms with van der Waals surface area (Å²) in [6.07, 6.45) is 0. The summed E-state index contributed by atoms with van der Waals surface area (Å²) in [5, 5.41) is 1.91. The van der Waals surface area contributed by atoms with Crippen molar-refractivity contribution in [2.75, 3.05) is 0 Å². The van der Waals surface area contributed by atoms with Crippen LogP contribution in [0, 0.1) is 18.6 Å². The summed E-state index contributed by atoms with van der Waals surface area (Å²) in [6, 6.07) is 2.25. The third kappa shape index (κ3) is 2.22. The van der Waals surface area contributed by atoms with Crippen molar-refractivity contribution in [1.29, 1.82) is 0 Å². The minimum Gasteiger partial charge on any atom is -0.287 e. The highest BCUT2D eigenvalue weighted by atomic mass is 79.9. The molecular formula is C12H6BrClF2OS. The van der Waals surface area contributed by atoms with Crippen molar-refractivity contribution < 1.29 is 13.6 Å². The van der Waals surface area contributed by atoms with Crippen LogP contribution in [0.5, 0.6) is 0 Å². The van der Waals surface area contributed by atoms with E-state index in [1.807, 2.05) is 0 Å². The van der Waals surface area contributed by atoms with Crippen molar-refractivity contribution in [3.05, 3.63) is 54.6 Å². The normalized spacial score (nSPS) is 10.7. The lowest BCUT2D eigenvalue weighted by Gasteiger charge is -2.04. The Morgan fingerprint density at radius 3 is 2.61 bits per heavy atom. The highest BCUT2D eigenvalue weighted by molar-refractivity contribution is 9.10. The number of halogens is 4. The number of hydrogen-bond acceptors (Lipinski definition) is 2. The monoisotopic (exact) mass is 350 g/mol. The molecule has 1 heterocycles. The van der Waals surface area contributed by atoms with Crippen LogP contribution in [0.1, 0.15) is 20.8 Å². The number of carbonyl (C=O) groups is 1. The van der Waals surface area contributed by atoms with Crippen LogP contribution in [-0.4, -0.2) is 5.78 Å². The van der Waals surface area contributed by atoms with E-state index < -0.39 is 23.0 Å². The molecule has 0 aliphatic heterocycles. The summed E-state index contributed by atoms with van der Waals surface area (Å²) >= 11 is 9.92. The van der Waals surface area contributed by atoms with Gasteiger partial charge in [0.2, 0.25) is 5.78 Å². The molecule has 6 heteroatoms. The van der Waals surface area contributed by atoms with Gasteiger partial charge in [0.1, 0.15) is 5.82 Å². The maximum atomic E-state index is 13.8. The molecule has 0 N–H and O–H groups in total. The first-order chi connectivity index (χ1) is 8.43. The van der Waals surface area contributed by atoms with Crippen LogP contribution in [0.3, 0.4) is 0 Å². The minimum absolute atomic E-state index is 0.0386. The molecule has 0 atom stereocenters. The number of hydrogen-bond donors (Lipinski definition) is 0. The van der Waals surface area contributed by atoms with Crippen molar-refractivity contribution in [1.82, 2.24) is 0 Å². The molecule has 94 valence electrons. The molecule has 0 unspecified atom stereocenters. The Morgan fingerprint density at radius 2 is 2.06 bits per heavy atom. The van der Waals surface area contributed by atoms with Crippen molar-refractivity contribution in [3.8, 4) is 0 Å². The van der Waals surface area contributed by atoms with Crippen LogP contribution >= 0.6 is 38.9 Å². The number of thiophene rings is 1. The van der Waals surface area contributed by atoms with Crippen LogP contribution < -0.4 is 0 Å². The maximum absolute atomic E-state index is 13.8. The molecule has 0 bridgehead atoms. The molecule has 18 heavy (non-hydrogen) atoms. The fraction of sp³-hybridized carbons (Fsp3) is 0.0833. The van der Waals surface area contributed by atoms with Crippen molar-refractivity contribution in [2.45, 2.75) is 6.92 Å². The second-order valence-electron chi connectivity index (χ2n) is 3.61. The lowest BCUT2D eigenvalue weighted by atomic mass is 10.1. The van der Waals surface area contributed by atoms with E-state index in [2.05, 4.69) is 15.9 Å². The van der Waals surface area contributed by atoms with Crippen molar-refractivity contribution >= 4 is 44.7 Å². The Morgan fingerprint density at radius 1 is 1.39 bits per heavy atom. The van der Waals surface area contributed by atoms with Gasteiger partial charge in [-0.15, -0.1) is 11.3 Å². The van der Waals surface area contributed by atoms with Crippen LogP contribution in [0.25, 0.3) is 0 Å². The molecule has 2 rings (SSSR count). The van der Waals surface area contributed by atoms with Gasteiger partial charge in [0.15, 0.2) is 5.82 Å². The van der Waals surface area contributed by atoms with E-state index in [0.717, 1.165) is 17.4 Å². The van der Waals surface area contributed by atoms with Crippen LogP contribution in [0.15, 0.2) is 22.0 Å². The third-order valence-corrected chi connectivity index (χ3v) is 4.68. The number of aryl methyl sites for hydroxylation is 1. The van der Waals surface area contributed by atoms with E-state index in [4.69, 9.17) is 11.6 Å². The topological polar surface area (TPSA) is 17.1 Å². The second kappa shape index (κ2) is 5.07. The molecule has 0 amide bonds. The smallest absolute Gasteiger partial charge is 0.210 e. The van der Waals surface area contributed by atoms with Gasteiger partial charge in [-0.25, -0.2) is 8.78 Å². The van der Waals surface area contributed by atoms with Gasteiger partial charge >= 0.3 is 0 Å². The Hall–Kier alpha value is -0.780. The molecular weight excluding hydrogens is 346 g/mol. The van der Waals surface area contributed by atoms with Gasteiger partial charge in [0.05, 0.1) is 19.9 Å². The second-order valence-corrected chi connectivity index (χ2v) is 5.72. The molecule has 0 spiro atoms. The molecule has 1 aromatic carbocycles. The summed E-state index contributed by atoms with van der Waals surface area (Å²) in [6.45, 7) is 1.73. The first-order valence-electron chi connectivity index (χ1n) is 4.85. The van der Waals surface area contributed by atoms with Gasteiger partial charge in [-0.3, -0.25) is 4.79 Å². The summed E-state index contributed by atoms with van der Waals surface area (Å²) in [5.74, 6) is -2.56. The predicted molar refractivity (Wildman–Crippen MR) is 71.6 cm³/mol. The van der Waals surface area contributed by atoms with Crippen LogP contribution in [-0.2, 0) is 0 Å². The van der Waals surface area contributed by atoms with Gasteiger partial charge in [0, 0.05) is 0 Å². The molecule has 1 nitrogen and oxygen atoms in total. The molecule has 0 radical (unpaired) electrons. The quantitative estimate of drug-likeness (QED) is 0.551. The predicted octanol–water partition coefficient (Wildman–Crippen LogP) is 4.98. The van der Waals surface area contributed by atoms with Gasteiger partial charge in [0.25, 0.3) is 0 Å². The lowest BCUT2D eigenvalue weighted by Crippen LogP contribution is -2.07. The number of rotatable bonds is 2. The average molecular weight is 352 g/mol. The van der Waals surface area contributed by atoms with Crippen molar-refractivity contribution in [3.63, 3.8) is 0 Å². The fourth-order valence-electron chi connectivity index (χ4n) is 1.43. The maximum Gasteiger partial charge on any atom is 0.210 e. The summed E-state index contributed by atoms with van der Waals surface area (Å²) in [7, 11) is 0. The number of ketones is 1. The first-order valence-corrected chi connectivity index (χ1v) is 6.90. The van der Waals surface area contributed by atoms with Gasteiger partial charge < -0.3 is 0 Å². The van der Waals surface area contributed by atoms with E-state index in [-0.39, 0.29) is 14.4 Å². The molecule has 1 aromatic heterocycles. The Labute approximate surface area is 120 Å². The van der Waals surface area contributed by atoms with E-state index in [0.29, 0.717) is 5.56 Å². The molecule has 0 aliphatic rings. The highest BCUT2D eigenvalue weighted by Crippen LogP contribution is 2.32. The van der Waals surface area contributed by atoms with Gasteiger partial charge in [-0.05, 0) is 45.9 Å². The Balaban J connectivity index is 2.60. The summed E-state index contributed by atoms with van der Waals surface area (Å²) in [5.41, 5.74) is 0.119. The zero-order chi connectivity index (χ0) is 13.4. The Bertz CT molecular complexity index is 639. The molecule has 2 aromatic rings. The zero-order valence-corrected chi connectivity index (χ0v) is 12.2. The first kappa shape index (κ1) is 13.6. The number of benzene rings is 1. The SMILES string of the molecule is Cc1csc(C(=O)c2c(F)ccc(Br)c2F)c1Cl. The highest BCUT2D eigenvalue weighted by Gasteiger charge is 2.24. The van der Waals surface area contributed by atoms with Gasteiger partial charge in [-0.1, -0.05) is 11.6 Å². The third-order valence-electron chi connectivity index (χ3n) is 2.38. The minimum atomic E-state index is -0.915. The number of carbonyl (C=O) groups excluding carboxylic acids is 1.